The molecule has 0 saturated heterocycles. The smallest absolute Gasteiger partial charge is 0.0449 e. The van der Waals surface area contributed by atoms with E-state index in [1.54, 1.807) is 0 Å². The summed E-state index contributed by atoms with van der Waals surface area (Å²) in [7, 11) is 0. The van der Waals surface area contributed by atoms with Crippen LogP contribution in [-0.2, 0) is 0 Å². The van der Waals surface area contributed by atoms with E-state index in [-0.39, 0.29) is 47.2 Å². The Kier molecular flexibility index (Phi) is 15.3. The van der Waals surface area contributed by atoms with E-state index in [0.29, 0.717) is 19.4 Å². The third-order valence-electron chi connectivity index (χ3n) is 1.63. The molecule has 0 aromatic rings. The molecule has 0 aliphatic heterocycles. The molecule has 0 spiro atoms. The minimum absolute atomic E-state index is 0. The number of aliphatic hydroxyl groups excluding tert-OH is 2. The molecule has 0 aliphatic rings. The van der Waals surface area contributed by atoms with Crippen molar-refractivity contribution in [2.24, 2.45) is 11.5 Å². The SMILES string of the molecule is Br.Br.NCC(N)(CCO)CCO. The maximum atomic E-state index is 8.54. The molecule has 0 fully saturated rings. The van der Waals surface area contributed by atoms with Gasteiger partial charge in [0, 0.05) is 25.3 Å². The molecular weight excluding hydrogens is 292 g/mol. The van der Waals surface area contributed by atoms with Gasteiger partial charge in [-0.15, -0.1) is 34.0 Å². The van der Waals surface area contributed by atoms with Crippen LogP contribution >= 0.6 is 34.0 Å². The van der Waals surface area contributed by atoms with Crippen LogP contribution in [0.25, 0.3) is 0 Å². The Morgan fingerprint density at radius 3 is 1.50 bits per heavy atom. The second-order valence-electron chi connectivity index (χ2n) is 2.51. The molecule has 0 heterocycles. The molecule has 0 aliphatic carbocycles. The fraction of sp³-hybridized carbons (Fsp3) is 1.00. The third kappa shape index (κ3) is 7.45. The van der Waals surface area contributed by atoms with E-state index in [1.807, 2.05) is 0 Å². The number of nitrogens with two attached hydrogens (primary N) is 2. The summed E-state index contributed by atoms with van der Waals surface area (Å²) in [5, 5.41) is 17.1. The van der Waals surface area contributed by atoms with Gasteiger partial charge in [0.1, 0.15) is 0 Å². The Hall–Kier alpha value is 0.800. The molecule has 0 atom stereocenters. The predicted octanol–water partition coefficient (Wildman–Crippen LogP) is -0.437. The molecule has 0 amide bonds. The van der Waals surface area contributed by atoms with Crippen molar-refractivity contribution in [3.63, 3.8) is 0 Å². The monoisotopic (exact) mass is 308 g/mol. The Morgan fingerprint density at radius 2 is 1.33 bits per heavy atom. The van der Waals surface area contributed by atoms with Gasteiger partial charge in [0.2, 0.25) is 0 Å². The molecule has 6 N–H and O–H groups in total. The Morgan fingerprint density at radius 1 is 1.00 bits per heavy atom. The molecule has 0 radical (unpaired) electrons. The zero-order valence-corrected chi connectivity index (χ0v) is 10.3. The highest BCUT2D eigenvalue weighted by molar-refractivity contribution is 8.93. The lowest BCUT2D eigenvalue weighted by Gasteiger charge is -2.25. The lowest BCUT2D eigenvalue weighted by Crippen LogP contribution is -2.48. The van der Waals surface area contributed by atoms with Gasteiger partial charge in [-0.05, 0) is 12.8 Å². The molecule has 0 saturated carbocycles. The van der Waals surface area contributed by atoms with E-state index in [0.717, 1.165) is 0 Å². The molecule has 78 valence electrons. The van der Waals surface area contributed by atoms with Crippen molar-refractivity contribution in [3.05, 3.63) is 0 Å². The zero-order chi connectivity index (χ0) is 8.04. The summed E-state index contributed by atoms with van der Waals surface area (Å²) < 4.78 is 0. The molecule has 12 heavy (non-hydrogen) atoms. The molecule has 4 nitrogen and oxygen atoms in total. The van der Waals surface area contributed by atoms with Gasteiger partial charge in [0.05, 0.1) is 0 Å². The molecule has 0 unspecified atom stereocenters. The standard InChI is InChI=1S/C6H16N2O2.2BrH/c7-5-6(8,1-3-9)2-4-10;;/h9-10H,1-5,7-8H2;2*1H. The van der Waals surface area contributed by atoms with Gasteiger partial charge >= 0.3 is 0 Å². The van der Waals surface area contributed by atoms with Crippen molar-refractivity contribution in [2.75, 3.05) is 19.8 Å². The molecule has 6 heteroatoms. The van der Waals surface area contributed by atoms with Crippen LogP contribution in [0, 0.1) is 0 Å². The van der Waals surface area contributed by atoms with Crippen LogP contribution in [0.1, 0.15) is 12.8 Å². The predicted molar refractivity (Wildman–Crippen MR) is 60.0 cm³/mol. The highest BCUT2D eigenvalue weighted by Gasteiger charge is 2.20. The maximum absolute atomic E-state index is 8.54. The Balaban J connectivity index is -0.000000405. The summed E-state index contributed by atoms with van der Waals surface area (Å²) >= 11 is 0. The van der Waals surface area contributed by atoms with Crippen molar-refractivity contribution in [1.29, 1.82) is 0 Å². The van der Waals surface area contributed by atoms with Crippen LogP contribution in [0.5, 0.6) is 0 Å². The normalized spacial score (nSPS) is 10.0. The summed E-state index contributed by atoms with van der Waals surface area (Å²) in [6.07, 6.45) is 0.897. The van der Waals surface area contributed by atoms with Crippen LogP contribution in [0.3, 0.4) is 0 Å². The van der Waals surface area contributed by atoms with Crippen LogP contribution < -0.4 is 11.5 Å². The van der Waals surface area contributed by atoms with E-state index in [2.05, 4.69) is 0 Å². The van der Waals surface area contributed by atoms with E-state index in [9.17, 15) is 0 Å². The zero-order valence-electron chi connectivity index (χ0n) is 6.90. The van der Waals surface area contributed by atoms with E-state index >= 15 is 0 Å². The maximum Gasteiger partial charge on any atom is 0.0449 e. The Bertz CT molecular complexity index is 89.6. The average molecular weight is 310 g/mol. The quantitative estimate of drug-likeness (QED) is 0.554. The third-order valence-corrected chi connectivity index (χ3v) is 1.63. The molecule has 0 bridgehead atoms. The number of hydrogen-bond acceptors (Lipinski definition) is 4. The van der Waals surface area contributed by atoms with Crippen molar-refractivity contribution in [3.8, 4) is 0 Å². The van der Waals surface area contributed by atoms with Gasteiger partial charge < -0.3 is 21.7 Å². The minimum Gasteiger partial charge on any atom is -0.396 e. The van der Waals surface area contributed by atoms with Gasteiger partial charge in [-0.3, -0.25) is 0 Å². The van der Waals surface area contributed by atoms with E-state index < -0.39 is 5.54 Å². The van der Waals surface area contributed by atoms with Gasteiger partial charge in [-0.25, -0.2) is 0 Å². The summed E-state index contributed by atoms with van der Waals surface area (Å²) in [6.45, 7) is 0.343. The van der Waals surface area contributed by atoms with Crippen molar-refractivity contribution < 1.29 is 10.2 Å². The first-order valence-electron chi connectivity index (χ1n) is 3.39. The summed E-state index contributed by atoms with van der Waals surface area (Å²) in [6, 6.07) is 0. The van der Waals surface area contributed by atoms with Gasteiger partial charge in [-0.1, -0.05) is 0 Å². The molecular formula is C6H18Br2N2O2. The second-order valence-corrected chi connectivity index (χ2v) is 2.51. The fourth-order valence-electron chi connectivity index (χ4n) is 0.774. The Labute approximate surface area is 93.9 Å². The van der Waals surface area contributed by atoms with Gasteiger partial charge in [0.15, 0.2) is 0 Å². The van der Waals surface area contributed by atoms with Crippen molar-refractivity contribution in [2.45, 2.75) is 18.4 Å². The van der Waals surface area contributed by atoms with Crippen molar-refractivity contribution >= 4 is 34.0 Å². The van der Waals surface area contributed by atoms with Crippen LogP contribution in [0.2, 0.25) is 0 Å². The first kappa shape index (κ1) is 18.6. The first-order chi connectivity index (χ1) is 4.68. The second kappa shape index (κ2) is 9.88. The topological polar surface area (TPSA) is 92.5 Å². The van der Waals surface area contributed by atoms with Gasteiger partial charge in [0.25, 0.3) is 0 Å². The number of aliphatic hydroxyl groups is 2. The van der Waals surface area contributed by atoms with E-state index in [4.69, 9.17) is 21.7 Å². The minimum atomic E-state index is -0.580. The summed E-state index contributed by atoms with van der Waals surface area (Å²) in [4.78, 5) is 0. The first-order valence-corrected chi connectivity index (χ1v) is 3.39. The van der Waals surface area contributed by atoms with Crippen LogP contribution in [-0.4, -0.2) is 35.5 Å². The summed E-state index contributed by atoms with van der Waals surface area (Å²) in [5.41, 5.74) is 10.4. The fourth-order valence-corrected chi connectivity index (χ4v) is 0.774. The average Bonchev–Trinajstić information content (AvgIpc) is 1.89. The van der Waals surface area contributed by atoms with Crippen LogP contribution in [0.15, 0.2) is 0 Å². The van der Waals surface area contributed by atoms with E-state index in [1.165, 1.54) is 0 Å². The number of halogens is 2. The molecule has 0 aromatic heterocycles. The largest absolute Gasteiger partial charge is 0.396 e. The van der Waals surface area contributed by atoms with Crippen molar-refractivity contribution in [1.82, 2.24) is 0 Å². The summed E-state index contributed by atoms with van der Waals surface area (Å²) in [5.74, 6) is 0. The van der Waals surface area contributed by atoms with Gasteiger partial charge in [-0.2, -0.15) is 0 Å². The number of hydrogen-bond donors (Lipinski definition) is 4. The highest BCUT2D eigenvalue weighted by atomic mass is 79.9. The number of rotatable bonds is 5. The lowest BCUT2D eigenvalue weighted by atomic mass is 9.93. The van der Waals surface area contributed by atoms with Crippen LogP contribution in [0.4, 0.5) is 0 Å². The lowest BCUT2D eigenvalue weighted by molar-refractivity contribution is 0.196. The molecule has 0 aromatic carbocycles. The highest BCUT2D eigenvalue weighted by Crippen LogP contribution is 2.08. The molecule has 0 rings (SSSR count).